The summed E-state index contributed by atoms with van der Waals surface area (Å²) in [5.74, 6) is -0.348. The van der Waals surface area contributed by atoms with Gasteiger partial charge in [0.1, 0.15) is 6.61 Å². The lowest BCUT2D eigenvalue weighted by Crippen LogP contribution is -2.05. The van der Waals surface area contributed by atoms with Gasteiger partial charge in [0.15, 0.2) is 0 Å². The van der Waals surface area contributed by atoms with Gasteiger partial charge < -0.3 is 4.74 Å². The number of esters is 1. The molecule has 1 aromatic heterocycles. The molecule has 2 rings (SSSR count). The topological polar surface area (TPSA) is 39.2 Å². The highest BCUT2D eigenvalue weighted by Crippen LogP contribution is 2.03. The first-order valence-electron chi connectivity index (χ1n) is 4.89. The molecule has 2 aromatic rings. The molecule has 0 bridgehead atoms. The van der Waals surface area contributed by atoms with Crippen molar-refractivity contribution in [1.82, 2.24) is 4.98 Å². The molecule has 0 saturated heterocycles. The number of aromatic nitrogens is 1. The summed E-state index contributed by atoms with van der Waals surface area (Å²) in [5.41, 5.74) is 1.26. The van der Waals surface area contributed by atoms with Gasteiger partial charge in [-0.1, -0.05) is 18.2 Å². The van der Waals surface area contributed by atoms with E-state index in [1.807, 2.05) is 18.2 Å². The average Bonchev–Trinajstić information content (AvgIpc) is 2.38. The van der Waals surface area contributed by atoms with Gasteiger partial charge in [-0.15, -0.1) is 0 Å². The maximum Gasteiger partial charge on any atom is 0.338 e. The predicted molar refractivity (Wildman–Crippen MR) is 58.6 cm³/mol. The van der Waals surface area contributed by atoms with E-state index in [9.17, 15) is 4.79 Å². The van der Waals surface area contributed by atoms with Crippen LogP contribution < -0.4 is 0 Å². The number of rotatable bonds is 3. The summed E-state index contributed by atoms with van der Waals surface area (Å²) in [6, 6.07) is 15.0. The molecule has 0 N–H and O–H groups in total. The molecule has 0 aliphatic carbocycles. The molecule has 0 spiro atoms. The lowest BCUT2D eigenvalue weighted by atomic mass is 10.2. The van der Waals surface area contributed by atoms with E-state index < -0.39 is 0 Å². The summed E-state index contributed by atoms with van der Waals surface area (Å²) in [7, 11) is 0. The molecule has 0 amide bonds. The monoisotopic (exact) mass is 212 g/mol. The largest absolute Gasteiger partial charge is 0.456 e. The molecule has 0 fully saturated rings. The van der Waals surface area contributed by atoms with Crippen molar-refractivity contribution in [2.75, 3.05) is 0 Å². The van der Waals surface area contributed by atoms with E-state index in [4.69, 9.17) is 4.74 Å². The van der Waals surface area contributed by atoms with Gasteiger partial charge >= 0.3 is 5.97 Å². The molecule has 0 unspecified atom stereocenters. The van der Waals surface area contributed by atoms with Gasteiger partial charge in [-0.05, 0) is 30.3 Å². The third kappa shape index (κ3) is 2.67. The van der Waals surface area contributed by atoms with Crippen molar-refractivity contribution in [3.05, 3.63) is 66.0 Å². The van der Waals surface area contributed by atoms with Crippen LogP contribution in [0.15, 0.2) is 48.7 Å². The normalized spacial score (nSPS) is 9.75. The van der Waals surface area contributed by atoms with Gasteiger partial charge in [-0.3, -0.25) is 4.98 Å². The Kier molecular flexibility index (Phi) is 3.28. The molecule has 0 atom stereocenters. The van der Waals surface area contributed by atoms with E-state index in [2.05, 4.69) is 11.1 Å². The van der Waals surface area contributed by atoms with E-state index in [0.29, 0.717) is 5.56 Å². The van der Waals surface area contributed by atoms with E-state index in [1.165, 1.54) is 0 Å². The van der Waals surface area contributed by atoms with E-state index in [-0.39, 0.29) is 12.6 Å². The molecule has 1 radical (unpaired) electrons. The van der Waals surface area contributed by atoms with Gasteiger partial charge in [0, 0.05) is 6.20 Å². The van der Waals surface area contributed by atoms with E-state index >= 15 is 0 Å². The van der Waals surface area contributed by atoms with E-state index in [1.54, 1.807) is 30.5 Å². The van der Waals surface area contributed by atoms with Crippen LogP contribution in [0.1, 0.15) is 16.1 Å². The highest BCUT2D eigenvalue weighted by Gasteiger charge is 2.05. The molecule has 3 nitrogen and oxygen atoms in total. The number of benzene rings is 1. The summed E-state index contributed by atoms with van der Waals surface area (Å²) in [6.45, 7) is 0.193. The highest BCUT2D eigenvalue weighted by atomic mass is 16.5. The third-order valence-corrected chi connectivity index (χ3v) is 2.03. The quantitative estimate of drug-likeness (QED) is 0.732. The summed E-state index contributed by atoms with van der Waals surface area (Å²) >= 11 is 0. The molecular weight excluding hydrogens is 202 g/mol. The number of ether oxygens (including phenoxy) is 1. The number of carbonyl (C=O) groups is 1. The molecule has 0 aliphatic rings. The Bertz CT molecular complexity index is 454. The third-order valence-electron chi connectivity index (χ3n) is 2.03. The van der Waals surface area contributed by atoms with Crippen LogP contribution in [0.3, 0.4) is 0 Å². The summed E-state index contributed by atoms with van der Waals surface area (Å²) < 4.78 is 5.10. The lowest BCUT2D eigenvalue weighted by molar-refractivity contribution is 0.0468. The Morgan fingerprint density at radius 3 is 2.75 bits per heavy atom. The van der Waals surface area contributed by atoms with Gasteiger partial charge in [0.25, 0.3) is 0 Å². The number of nitrogens with zero attached hydrogens (tertiary/aromatic N) is 1. The molecule has 0 aliphatic heterocycles. The lowest BCUT2D eigenvalue weighted by Gasteiger charge is -2.03. The molecule has 79 valence electrons. The molecular formula is C13H10NO2. The first-order valence-corrected chi connectivity index (χ1v) is 4.89. The van der Waals surface area contributed by atoms with Crippen LogP contribution in [-0.2, 0) is 11.3 Å². The average molecular weight is 212 g/mol. The van der Waals surface area contributed by atoms with Gasteiger partial charge in [-0.25, -0.2) is 4.79 Å². The number of carbonyl (C=O) groups excluding carboxylic acids is 1. The zero-order valence-corrected chi connectivity index (χ0v) is 8.59. The second-order valence-corrected chi connectivity index (χ2v) is 3.19. The van der Waals surface area contributed by atoms with Crippen molar-refractivity contribution in [3.63, 3.8) is 0 Å². The fourth-order valence-corrected chi connectivity index (χ4v) is 1.23. The van der Waals surface area contributed by atoms with E-state index in [0.717, 1.165) is 5.69 Å². The highest BCUT2D eigenvalue weighted by molar-refractivity contribution is 5.89. The second-order valence-electron chi connectivity index (χ2n) is 3.19. The van der Waals surface area contributed by atoms with Crippen molar-refractivity contribution in [3.8, 4) is 0 Å². The molecule has 1 heterocycles. The Hall–Kier alpha value is -2.16. The van der Waals surface area contributed by atoms with Gasteiger partial charge in [0.2, 0.25) is 0 Å². The number of pyridine rings is 1. The summed E-state index contributed by atoms with van der Waals surface area (Å²) in [4.78, 5) is 15.6. The van der Waals surface area contributed by atoms with Crippen LogP contribution in [0.5, 0.6) is 0 Å². The SMILES string of the molecule is O=C(OCc1ccccn1)c1cc[c]cc1. The standard InChI is InChI=1S/C13H10NO2/c15-13(11-6-2-1-3-7-11)16-10-12-8-4-5-9-14-12/h2-9H,10H2. The second kappa shape index (κ2) is 5.07. The number of hydrogen-bond acceptors (Lipinski definition) is 3. The molecule has 16 heavy (non-hydrogen) atoms. The smallest absolute Gasteiger partial charge is 0.338 e. The fourth-order valence-electron chi connectivity index (χ4n) is 1.23. The van der Waals surface area contributed by atoms with Crippen LogP contribution in [0.2, 0.25) is 0 Å². The molecule has 1 aromatic carbocycles. The molecule has 0 saturated carbocycles. The predicted octanol–water partition coefficient (Wildman–Crippen LogP) is 2.24. The number of hydrogen-bond donors (Lipinski definition) is 0. The Balaban J connectivity index is 1.95. The summed E-state index contributed by atoms with van der Waals surface area (Å²) in [5, 5.41) is 0. The Labute approximate surface area is 93.7 Å². The van der Waals surface area contributed by atoms with Crippen molar-refractivity contribution in [2.45, 2.75) is 6.61 Å². The Morgan fingerprint density at radius 1 is 1.25 bits per heavy atom. The maximum atomic E-state index is 11.6. The van der Waals surface area contributed by atoms with Crippen molar-refractivity contribution >= 4 is 5.97 Å². The summed E-state index contributed by atoms with van der Waals surface area (Å²) in [6.07, 6.45) is 1.67. The van der Waals surface area contributed by atoms with Crippen LogP contribution in [0, 0.1) is 6.07 Å². The van der Waals surface area contributed by atoms with Crippen molar-refractivity contribution in [2.24, 2.45) is 0 Å². The van der Waals surface area contributed by atoms with Crippen LogP contribution in [0.25, 0.3) is 0 Å². The molecule has 3 heteroatoms. The first-order chi connectivity index (χ1) is 7.86. The van der Waals surface area contributed by atoms with Gasteiger partial charge in [0.05, 0.1) is 11.3 Å². The van der Waals surface area contributed by atoms with Gasteiger partial charge in [-0.2, -0.15) is 0 Å². The minimum atomic E-state index is -0.348. The van der Waals surface area contributed by atoms with Crippen molar-refractivity contribution in [1.29, 1.82) is 0 Å². The fraction of sp³-hybridized carbons (Fsp3) is 0.0769. The first kappa shape index (κ1) is 10.4. The minimum absolute atomic E-state index is 0.193. The minimum Gasteiger partial charge on any atom is -0.456 e. The zero-order valence-electron chi connectivity index (χ0n) is 8.59. The van der Waals surface area contributed by atoms with Crippen LogP contribution >= 0.6 is 0 Å². The zero-order chi connectivity index (χ0) is 11.2. The maximum absolute atomic E-state index is 11.6. The van der Waals surface area contributed by atoms with Crippen LogP contribution in [0.4, 0.5) is 0 Å². The van der Waals surface area contributed by atoms with Crippen molar-refractivity contribution < 1.29 is 9.53 Å². The van der Waals surface area contributed by atoms with Crippen LogP contribution in [-0.4, -0.2) is 11.0 Å². The Morgan fingerprint density at radius 2 is 2.06 bits per heavy atom.